The van der Waals surface area contributed by atoms with E-state index in [2.05, 4.69) is 5.10 Å². The topological polar surface area (TPSA) is 102 Å². The standard InChI is InChI=1S/C17H17N3O5/c1-11-9-19(10-14(25-11)17(23)24)16(22)13-7-8-15(21)20(18-13)12-5-3-2-4-6-12/h2-8,11,14H,9-10H2,1H3,(H,23,24)/t11-,14?/m1/s1. The van der Waals surface area contributed by atoms with Crippen LogP contribution < -0.4 is 5.56 Å². The first-order valence-electron chi connectivity index (χ1n) is 7.79. The lowest BCUT2D eigenvalue weighted by Gasteiger charge is -2.34. The Morgan fingerprint density at radius 2 is 1.88 bits per heavy atom. The van der Waals surface area contributed by atoms with Crippen molar-refractivity contribution in [1.82, 2.24) is 14.7 Å². The molecule has 2 aromatic rings. The van der Waals surface area contributed by atoms with Crippen LogP contribution in [-0.2, 0) is 9.53 Å². The molecule has 1 amide bonds. The number of para-hydroxylation sites is 1. The van der Waals surface area contributed by atoms with E-state index in [-0.39, 0.29) is 24.3 Å². The maximum absolute atomic E-state index is 12.7. The van der Waals surface area contributed by atoms with E-state index < -0.39 is 24.1 Å². The molecule has 8 nitrogen and oxygen atoms in total. The van der Waals surface area contributed by atoms with Gasteiger partial charge in [0.2, 0.25) is 0 Å². The fourth-order valence-electron chi connectivity index (χ4n) is 2.70. The van der Waals surface area contributed by atoms with Gasteiger partial charge in [-0.1, -0.05) is 18.2 Å². The molecule has 0 radical (unpaired) electrons. The van der Waals surface area contributed by atoms with Crippen molar-refractivity contribution in [3.63, 3.8) is 0 Å². The maximum Gasteiger partial charge on any atom is 0.334 e. The molecule has 1 aromatic heterocycles. The summed E-state index contributed by atoms with van der Waals surface area (Å²) in [4.78, 5) is 37.3. The molecule has 2 heterocycles. The van der Waals surface area contributed by atoms with Crippen LogP contribution in [-0.4, -0.2) is 57.0 Å². The first-order valence-corrected chi connectivity index (χ1v) is 7.79. The maximum atomic E-state index is 12.7. The number of carboxylic acid groups (broad SMARTS) is 1. The summed E-state index contributed by atoms with van der Waals surface area (Å²) in [5.41, 5.74) is 0.254. The molecule has 1 unspecified atom stereocenters. The second kappa shape index (κ2) is 6.86. The van der Waals surface area contributed by atoms with Crippen molar-refractivity contribution < 1.29 is 19.4 Å². The molecule has 1 saturated heterocycles. The summed E-state index contributed by atoms with van der Waals surface area (Å²) >= 11 is 0. The third kappa shape index (κ3) is 3.58. The molecule has 1 aliphatic heterocycles. The Labute approximate surface area is 143 Å². The summed E-state index contributed by atoms with van der Waals surface area (Å²) in [6, 6.07) is 11.4. The number of carbonyl (C=O) groups is 2. The number of aromatic nitrogens is 2. The van der Waals surface area contributed by atoms with Gasteiger partial charge in [-0.2, -0.15) is 9.78 Å². The largest absolute Gasteiger partial charge is 0.479 e. The second-order valence-electron chi connectivity index (χ2n) is 5.79. The van der Waals surface area contributed by atoms with Gasteiger partial charge in [0, 0.05) is 12.6 Å². The Balaban J connectivity index is 1.90. The van der Waals surface area contributed by atoms with Crippen LogP contribution in [0.1, 0.15) is 17.4 Å². The Morgan fingerprint density at radius 3 is 2.56 bits per heavy atom. The Kier molecular flexibility index (Phi) is 4.62. The predicted octanol–water partition coefficient (Wildman–Crippen LogP) is 0.547. The third-order valence-corrected chi connectivity index (χ3v) is 3.84. The second-order valence-corrected chi connectivity index (χ2v) is 5.79. The van der Waals surface area contributed by atoms with Gasteiger partial charge >= 0.3 is 5.97 Å². The van der Waals surface area contributed by atoms with E-state index >= 15 is 0 Å². The molecular formula is C17H17N3O5. The number of hydrogen-bond donors (Lipinski definition) is 1. The minimum atomic E-state index is -1.12. The van der Waals surface area contributed by atoms with Crippen molar-refractivity contribution in [2.75, 3.05) is 13.1 Å². The number of morpholine rings is 1. The van der Waals surface area contributed by atoms with Crippen LogP contribution in [0.3, 0.4) is 0 Å². The van der Waals surface area contributed by atoms with Gasteiger partial charge in [-0.05, 0) is 25.1 Å². The minimum absolute atomic E-state index is 0.0648. The summed E-state index contributed by atoms with van der Waals surface area (Å²) in [5, 5.41) is 13.3. The number of aliphatic carboxylic acids is 1. The molecule has 0 aliphatic carbocycles. The van der Waals surface area contributed by atoms with Crippen LogP contribution in [0.15, 0.2) is 47.3 Å². The molecule has 1 aliphatic rings. The first-order chi connectivity index (χ1) is 12.0. The Morgan fingerprint density at radius 1 is 1.16 bits per heavy atom. The van der Waals surface area contributed by atoms with Gasteiger partial charge in [-0.3, -0.25) is 9.59 Å². The van der Waals surface area contributed by atoms with Crippen LogP contribution >= 0.6 is 0 Å². The van der Waals surface area contributed by atoms with Crippen molar-refractivity contribution >= 4 is 11.9 Å². The number of amides is 1. The molecule has 1 fully saturated rings. The average molecular weight is 343 g/mol. The lowest BCUT2D eigenvalue weighted by atomic mass is 10.2. The van der Waals surface area contributed by atoms with Crippen LogP contribution in [0.5, 0.6) is 0 Å². The summed E-state index contributed by atoms with van der Waals surface area (Å²) < 4.78 is 6.45. The van der Waals surface area contributed by atoms with E-state index in [4.69, 9.17) is 9.84 Å². The molecule has 1 aromatic carbocycles. The lowest BCUT2D eigenvalue weighted by molar-refractivity contribution is -0.160. The van der Waals surface area contributed by atoms with Gasteiger partial charge in [-0.15, -0.1) is 0 Å². The smallest absolute Gasteiger partial charge is 0.334 e. The average Bonchev–Trinajstić information content (AvgIpc) is 2.61. The molecule has 0 spiro atoms. The SMILES string of the molecule is C[C@@H]1CN(C(=O)c2ccc(=O)n(-c3ccccc3)n2)CC(C(=O)O)O1. The van der Waals surface area contributed by atoms with Crippen LogP contribution in [0.4, 0.5) is 0 Å². The van der Waals surface area contributed by atoms with E-state index in [0.717, 1.165) is 4.68 Å². The molecular weight excluding hydrogens is 326 g/mol. The molecule has 2 atom stereocenters. The van der Waals surface area contributed by atoms with Gasteiger partial charge in [-0.25, -0.2) is 4.79 Å². The zero-order valence-electron chi connectivity index (χ0n) is 13.5. The summed E-state index contributed by atoms with van der Waals surface area (Å²) in [6.07, 6.45) is -1.48. The number of ether oxygens (including phenoxy) is 1. The highest BCUT2D eigenvalue weighted by atomic mass is 16.5. The van der Waals surface area contributed by atoms with Crippen LogP contribution in [0, 0.1) is 0 Å². The van der Waals surface area contributed by atoms with Gasteiger partial charge < -0.3 is 14.7 Å². The molecule has 130 valence electrons. The first kappa shape index (κ1) is 16.8. The van der Waals surface area contributed by atoms with Gasteiger partial charge in [0.1, 0.15) is 5.69 Å². The molecule has 1 N–H and O–H groups in total. The number of hydrogen-bond acceptors (Lipinski definition) is 5. The highest BCUT2D eigenvalue weighted by Gasteiger charge is 2.33. The highest BCUT2D eigenvalue weighted by molar-refractivity contribution is 5.92. The van der Waals surface area contributed by atoms with E-state index in [1.807, 2.05) is 6.07 Å². The quantitative estimate of drug-likeness (QED) is 0.873. The van der Waals surface area contributed by atoms with Gasteiger partial charge in [0.05, 0.1) is 18.3 Å². The number of benzene rings is 1. The molecule has 0 bridgehead atoms. The van der Waals surface area contributed by atoms with E-state index in [1.165, 1.54) is 17.0 Å². The predicted molar refractivity (Wildman–Crippen MR) is 87.7 cm³/mol. The van der Waals surface area contributed by atoms with E-state index in [9.17, 15) is 14.4 Å². The monoisotopic (exact) mass is 343 g/mol. The van der Waals surface area contributed by atoms with Gasteiger partial charge in [0.25, 0.3) is 11.5 Å². The summed E-state index contributed by atoms with van der Waals surface area (Å²) in [5.74, 6) is -1.56. The fourth-order valence-corrected chi connectivity index (χ4v) is 2.70. The molecule has 25 heavy (non-hydrogen) atoms. The van der Waals surface area contributed by atoms with Crippen molar-refractivity contribution in [2.24, 2.45) is 0 Å². The van der Waals surface area contributed by atoms with Crippen molar-refractivity contribution in [1.29, 1.82) is 0 Å². The molecule has 8 heteroatoms. The van der Waals surface area contributed by atoms with Gasteiger partial charge in [0.15, 0.2) is 6.10 Å². The summed E-state index contributed by atoms with van der Waals surface area (Å²) in [6.45, 7) is 1.90. The highest BCUT2D eigenvalue weighted by Crippen LogP contribution is 2.14. The van der Waals surface area contributed by atoms with Crippen molar-refractivity contribution in [3.05, 3.63) is 58.5 Å². The third-order valence-electron chi connectivity index (χ3n) is 3.84. The Bertz CT molecular complexity index is 849. The normalized spacial score (nSPS) is 20.3. The lowest BCUT2D eigenvalue weighted by Crippen LogP contribution is -2.52. The Hall–Kier alpha value is -3.00. The van der Waals surface area contributed by atoms with Crippen molar-refractivity contribution in [3.8, 4) is 5.69 Å². The van der Waals surface area contributed by atoms with E-state index in [1.54, 1.807) is 31.2 Å². The fraction of sp³-hybridized carbons (Fsp3) is 0.294. The number of carboxylic acids is 1. The zero-order valence-corrected chi connectivity index (χ0v) is 13.5. The summed E-state index contributed by atoms with van der Waals surface area (Å²) in [7, 11) is 0. The van der Waals surface area contributed by atoms with E-state index in [0.29, 0.717) is 5.69 Å². The number of nitrogens with zero attached hydrogens (tertiary/aromatic N) is 3. The minimum Gasteiger partial charge on any atom is -0.479 e. The molecule has 0 saturated carbocycles. The number of rotatable bonds is 3. The number of carbonyl (C=O) groups excluding carboxylic acids is 1. The van der Waals surface area contributed by atoms with Crippen molar-refractivity contribution in [2.45, 2.75) is 19.1 Å². The molecule has 3 rings (SSSR count). The van der Waals surface area contributed by atoms with Crippen LogP contribution in [0.25, 0.3) is 5.69 Å². The zero-order chi connectivity index (χ0) is 18.0. The van der Waals surface area contributed by atoms with Crippen LogP contribution in [0.2, 0.25) is 0 Å².